The zero-order valence-electron chi connectivity index (χ0n) is 15.9. The van der Waals surface area contributed by atoms with Gasteiger partial charge >= 0.3 is 0 Å². The minimum absolute atomic E-state index is 0. The standard InChI is InChI=1S/C21H29N3O.HI/c1-17(2)13-23-21(22-3)24-14-19-11-7-8-12-20(19)16-25-15-18-9-5-4-6-10-18;/h4-12,17H,13-16H2,1-3H3,(H2,22,23,24);1H. The summed E-state index contributed by atoms with van der Waals surface area (Å²) in [4.78, 5) is 4.27. The molecule has 142 valence electrons. The molecule has 0 aliphatic carbocycles. The Morgan fingerprint density at radius 2 is 1.58 bits per heavy atom. The van der Waals surface area contributed by atoms with E-state index in [1.54, 1.807) is 7.05 Å². The number of ether oxygens (including phenoxy) is 1. The van der Waals surface area contributed by atoms with Crippen LogP contribution >= 0.6 is 24.0 Å². The molecule has 5 heteroatoms. The van der Waals surface area contributed by atoms with Crippen molar-refractivity contribution in [2.24, 2.45) is 10.9 Å². The van der Waals surface area contributed by atoms with Crippen LogP contribution in [0.5, 0.6) is 0 Å². The highest BCUT2D eigenvalue weighted by molar-refractivity contribution is 14.0. The summed E-state index contributed by atoms with van der Waals surface area (Å²) in [6.07, 6.45) is 0. The van der Waals surface area contributed by atoms with Gasteiger partial charge in [0.25, 0.3) is 0 Å². The van der Waals surface area contributed by atoms with E-state index in [2.05, 4.69) is 65.9 Å². The van der Waals surface area contributed by atoms with Crippen molar-refractivity contribution in [3.8, 4) is 0 Å². The number of guanidine groups is 1. The first-order valence-corrected chi connectivity index (χ1v) is 8.82. The van der Waals surface area contributed by atoms with Crippen molar-refractivity contribution in [2.45, 2.75) is 33.6 Å². The number of nitrogens with one attached hydrogen (secondary N) is 2. The van der Waals surface area contributed by atoms with Crippen molar-refractivity contribution < 1.29 is 4.74 Å². The third kappa shape index (κ3) is 8.19. The van der Waals surface area contributed by atoms with Gasteiger partial charge < -0.3 is 15.4 Å². The van der Waals surface area contributed by atoms with Gasteiger partial charge in [0.05, 0.1) is 13.2 Å². The summed E-state index contributed by atoms with van der Waals surface area (Å²) >= 11 is 0. The lowest BCUT2D eigenvalue weighted by Crippen LogP contribution is -2.38. The van der Waals surface area contributed by atoms with Crippen LogP contribution in [0.3, 0.4) is 0 Å². The first kappa shape index (κ1) is 22.4. The molecule has 0 saturated carbocycles. The molecule has 2 rings (SSSR count). The molecule has 0 aliphatic heterocycles. The van der Waals surface area contributed by atoms with Gasteiger partial charge in [-0.3, -0.25) is 4.99 Å². The molecule has 0 heterocycles. The lowest BCUT2D eigenvalue weighted by Gasteiger charge is -2.15. The monoisotopic (exact) mass is 467 g/mol. The Labute approximate surface area is 174 Å². The van der Waals surface area contributed by atoms with Crippen molar-refractivity contribution in [1.29, 1.82) is 0 Å². The maximum atomic E-state index is 5.88. The van der Waals surface area contributed by atoms with Gasteiger partial charge in [-0.15, -0.1) is 24.0 Å². The van der Waals surface area contributed by atoms with E-state index in [9.17, 15) is 0 Å². The van der Waals surface area contributed by atoms with Gasteiger partial charge in [-0.25, -0.2) is 0 Å². The van der Waals surface area contributed by atoms with Crippen LogP contribution in [0.25, 0.3) is 0 Å². The minimum Gasteiger partial charge on any atom is -0.372 e. The van der Waals surface area contributed by atoms with Crippen LogP contribution in [0.15, 0.2) is 59.6 Å². The molecule has 0 spiro atoms. The number of halogens is 1. The topological polar surface area (TPSA) is 45.7 Å². The molecule has 0 aromatic heterocycles. The summed E-state index contributed by atoms with van der Waals surface area (Å²) in [5, 5.41) is 6.70. The average Bonchev–Trinajstić information content (AvgIpc) is 2.63. The van der Waals surface area contributed by atoms with E-state index in [0.717, 1.165) is 19.0 Å². The maximum Gasteiger partial charge on any atom is 0.191 e. The Morgan fingerprint density at radius 3 is 2.23 bits per heavy atom. The minimum atomic E-state index is 0. The number of aliphatic imine (C=N–C) groups is 1. The Kier molecular flexibility index (Phi) is 11.0. The fourth-order valence-corrected chi connectivity index (χ4v) is 2.42. The molecule has 0 bridgehead atoms. The van der Waals surface area contributed by atoms with Gasteiger partial charge in [0.15, 0.2) is 5.96 Å². The Morgan fingerprint density at radius 1 is 0.923 bits per heavy atom. The highest BCUT2D eigenvalue weighted by Crippen LogP contribution is 2.11. The number of rotatable bonds is 8. The van der Waals surface area contributed by atoms with E-state index in [4.69, 9.17) is 4.74 Å². The van der Waals surface area contributed by atoms with E-state index in [1.165, 1.54) is 16.7 Å². The quantitative estimate of drug-likeness (QED) is 0.345. The van der Waals surface area contributed by atoms with Gasteiger partial charge in [-0.1, -0.05) is 68.4 Å². The van der Waals surface area contributed by atoms with E-state index < -0.39 is 0 Å². The number of hydrogen-bond acceptors (Lipinski definition) is 2. The summed E-state index contributed by atoms with van der Waals surface area (Å²) in [6, 6.07) is 18.6. The molecular formula is C21H30IN3O. The maximum absolute atomic E-state index is 5.88. The van der Waals surface area contributed by atoms with Crippen LogP contribution in [0, 0.1) is 5.92 Å². The van der Waals surface area contributed by atoms with Gasteiger partial charge in [0, 0.05) is 20.1 Å². The second-order valence-corrected chi connectivity index (χ2v) is 6.45. The molecule has 0 unspecified atom stereocenters. The second-order valence-electron chi connectivity index (χ2n) is 6.45. The van der Waals surface area contributed by atoms with Crippen LogP contribution in [-0.4, -0.2) is 19.6 Å². The first-order chi connectivity index (χ1) is 12.2. The third-order valence-electron chi connectivity index (χ3n) is 3.84. The van der Waals surface area contributed by atoms with E-state index >= 15 is 0 Å². The molecule has 4 nitrogen and oxygen atoms in total. The number of nitrogens with zero attached hydrogens (tertiary/aromatic N) is 1. The van der Waals surface area contributed by atoms with E-state index in [-0.39, 0.29) is 24.0 Å². The number of hydrogen-bond donors (Lipinski definition) is 2. The summed E-state index contributed by atoms with van der Waals surface area (Å²) in [7, 11) is 1.80. The van der Waals surface area contributed by atoms with Crippen molar-refractivity contribution in [3.63, 3.8) is 0 Å². The number of benzene rings is 2. The molecule has 26 heavy (non-hydrogen) atoms. The molecule has 2 aromatic rings. The molecule has 0 amide bonds. The highest BCUT2D eigenvalue weighted by atomic mass is 127. The lowest BCUT2D eigenvalue weighted by molar-refractivity contribution is 0.106. The summed E-state index contributed by atoms with van der Waals surface area (Å²) in [5.41, 5.74) is 3.62. The first-order valence-electron chi connectivity index (χ1n) is 8.82. The van der Waals surface area contributed by atoms with Crippen molar-refractivity contribution in [1.82, 2.24) is 10.6 Å². The van der Waals surface area contributed by atoms with E-state index in [0.29, 0.717) is 19.1 Å². The summed E-state index contributed by atoms with van der Waals surface area (Å²) in [6.45, 7) is 7.22. The SMILES string of the molecule is CN=C(NCc1ccccc1COCc1ccccc1)NCC(C)C.I. The molecule has 0 aliphatic rings. The van der Waals surface area contributed by atoms with Crippen LogP contribution in [0.2, 0.25) is 0 Å². The van der Waals surface area contributed by atoms with Crippen molar-refractivity contribution >= 4 is 29.9 Å². The van der Waals surface area contributed by atoms with E-state index in [1.807, 2.05) is 18.2 Å². The molecule has 2 N–H and O–H groups in total. The van der Waals surface area contributed by atoms with Gasteiger partial charge in [-0.2, -0.15) is 0 Å². The zero-order valence-corrected chi connectivity index (χ0v) is 18.2. The fourth-order valence-electron chi connectivity index (χ4n) is 2.42. The molecule has 0 saturated heterocycles. The second kappa shape index (κ2) is 12.7. The van der Waals surface area contributed by atoms with Crippen LogP contribution < -0.4 is 10.6 Å². The smallest absolute Gasteiger partial charge is 0.191 e. The van der Waals surface area contributed by atoms with Gasteiger partial charge in [0.1, 0.15) is 0 Å². The summed E-state index contributed by atoms with van der Waals surface area (Å²) in [5.74, 6) is 1.41. The Bertz CT molecular complexity index is 659. The summed E-state index contributed by atoms with van der Waals surface area (Å²) < 4.78 is 5.88. The predicted octanol–water partition coefficient (Wildman–Crippen LogP) is 4.34. The van der Waals surface area contributed by atoms with Crippen LogP contribution in [0.4, 0.5) is 0 Å². The van der Waals surface area contributed by atoms with Crippen molar-refractivity contribution in [2.75, 3.05) is 13.6 Å². The fraction of sp³-hybridized carbons (Fsp3) is 0.381. The Balaban J connectivity index is 0.00000338. The van der Waals surface area contributed by atoms with Gasteiger partial charge in [0.2, 0.25) is 0 Å². The lowest BCUT2D eigenvalue weighted by atomic mass is 10.1. The Hall–Kier alpha value is -1.60. The average molecular weight is 467 g/mol. The highest BCUT2D eigenvalue weighted by Gasteiger charge is 2.04. The zero-order chi connectivity index (χ0) is 17.9. The van der Waals surface area contributed by atoms with Gasteiger partial charge in [-0.05, 0) is 22.6 Å². The van der Waals surface area contributed by atoms with Crippen LogP contribution in [-0.2, 0) is 24.5 Å². The molecule has 2 aromatic carbocycles. The largest absolute Gasteiger partial charge is 0.372 e. The normalized spacial score (nSPS) is 11.2. The molecule has 0 atom stereocenters. The third-order valence-corrected chi connectivity index (χ3v) is 3.84. The molecular weight excluding hydrogens is 437 g/mol. The molecule has 0 radical (unpaired) electrons. The van der Waals surface area contributed by atoms with Crippen LogP contribution in [0.1, 0.15) is 30.5 Å². The predicted molar refractivity (Wildman–Crippen MR) is 120 cm³/mol. The molecule has 0 fully saturated rings. The van der Waals surface area contributed by atoms with Crippen molar-refractivity contribution in [3.05, 3.63) is 71.3 Å².